The second-order valence-corrected chi connectivity index (χ2v) is 9.35. The fourth-order valence-corrected chi connectivity index (χ4v) is 5.19. The number of hydrogen-bond donors (Lipinski definition) is 0. The first-order valence-corrected chi connectivity index (χ1v) is 10.9. The van der Waals surface area contributed by atoms with Crippen LogP contribution in [0.4, 0.5) is 39.5 Å². The molecule has 2 aromatic carbocycles. The highest BCUT2D eigenvalue weighted by Gasteiger charge is 2.86. The van der Waals surface area contributed by atoms with Gasteiger partial charge < -0.3 is 0 Å². The molecular formula is C20H16F9NO2S. The quantitative estimate of drug-likeness (QED) is 0.447. The Hall–Kier alpha value is -2.28. The summed E-state index contributed by atoms with van der Waals surface area (Å²) in [7, 11) is -6.62. The first-order valence-electron chi connectivity index (χ1n) is 9.43. The van der Waals surface area contributed by atoms with Gasteiger partial charge in [0.25, 0.3) is 10.0 Å². The van der Waals surface area contributed by atoms with Gasteiger partial charge in [-0.15, -0.1) is 0 Å². The first kappa shape index (κ1) is 25.3. The number of alkyl halides is 9. The SMILES string of the molecule is O=S(=O)(N1CCC[C@H]1/C=C/c1cccc2ccccc12)C(F)(F)C(F)(F)C(F)(F)C(F)(F)F. The molecule has 33 heavy (non-hydrogen) atoms. The molecule has 0 amide bonds. The lowest BCUT2D eigenvalue weighted by Gasteiger charge is -2.35. The summed E-state index contributed by atoms with van der Waals surface area (Å²) in [5, 5.41) is -5.24. The van der Waals surface area contributed by atoms with E-state index in [4.69, 9.17) is 0 Å². The van der Waals surface area contributed by atoms with Crippen molar-refractivity contribution in [2.24, 2.45) is 0 Å². The molecule has 2 aromatic rings. The standard InChI is InChI=1S/C20H16F9NO2S/c21-17(22,19(25,26)27)18(23,24)20(28,29)33(31,32)30-12-4-8-15(30)11-10-14-7-3-6-13-5-1-2-9-16(13)14/h1-3,5-7,9-11,15H,4,8,12H2/b11-10+/t15-/m0/s1. The van der Waals surface area contributed by atoms with Gasteiger partial charge in [-0.2, -0.15) is 43.8 Å². The summed E-state index contributed by atoms with van der Waals surface area (Å²) in [5.74, 6) is -14.5. The molecule has 0 N–H and O–H groups in total. The second kappa shape index (κ2) is 8.19. The summed E-state index contributed by atoms with van der Waals surface area (Å²) in [5.41, 5.74) is 0.526. The molecule has 182 valence electrons. The summed E-state index contributed by atoms with van der Waals surface area (Å²) in [6.45, 7) is -0.754. The van der Waals surface area contributed by atoms with Gasteiger partial charge in [0, 0.05) is 12.6 Å². The molecule has 3 rings (SSSR count). The van der Waals surface area contributed by atoms with Crippen molar-refractivity contribution in [1.82, 2.24) is 4.31 Å². The van der Waals surface area contributed by atoms with Crippen molar-refractivity contribution in [3.05, 3.63) is 54.1 Å². The topological polar surface area (TPSA) is 37.4 Å². The van der Waals surface area contributed by atoms with Crippen molar-refractivity contribution >= 4 is 26.9 Å². The third kappa shape index (κ3) is 3.98. The average Bonchev–Trinajstić information content (AvgIpc) is 3.20. The number of rotatable bonds is 6. The molecule has 1 heterocycles. The molecule has 1 atom stereocenters. The molecule has 13 heteroatoms. The summed E-state index contributed by atoms with van der Waals surface area (Å²) in [6.07, 6.45) is -4.86. The minimum Gasteiger partial charge on any atom is -0.206 e. The van der Waals surface area contributed by atoms with Crippen molar-refractivity contribution in [1.29, 1.82) is 0 Å². The van der Waals surface area contributed by atoms with Crippen molar-refractivity contribution in [2.75, 3.05) is 6.54 Å². The largest absolute Gasteiger partial charge is 0.460 e. The molecule has 1 aliphatic heterocycles. The van der Waals surface area contributed by atoms with Crippen LogP contribution in [0.5, 0.6) is 0 Å². The number of fused-ring (bicyclic) bond motifs is 1. The Morgan fingerprint density at radius 2 is 1.45 bits per heavy atom. The fraction of sp³-hybridized carbons (Fsp3) is 0.400. The van der Waals surface area contributed by atoms with Gasteiger partial charge in [0.1, 0.15) is 0 Å². The lowest BCUT2D eigenvalue weighted by Crippen LogP contribution is -2.65. The molecule has 0 spiro atoms. The number of nitrogens with zero attached hydrogens (tertiary/aromatic N) is 1. The third-order valence-corrected chi connectivity index (χ3v) is 7.29. The Labute approximate surface area is 182 Å². The molecule has 0 aromatic heterocycles. The van der Waals surface area contributed by atoms with Crippen LogP contribution in [0.25, 0.3) is 16.8 Å². The maximum Gasteiger partial charge on any atom is 0.460 e. The first-order chi connectivity index (χ1) is 15.1. The fourth-order valence-electron chi connectivity index (χ4n) is 3.54. The van der Waals surface area contributed by atoms with Crippen molar-refractivity contribution in [2.45, 2.75) is 42.2 Å². The van der Waals surface area contributed by atoms with Crippen molar-refractivity contribution < 1.29 is 47.9 Å². The zero-order chi connectivity index (χ0) is 24.9. The van der Waals surface area contributed by atoms with Crippen LogP contribution < -0.4 is 0 Å². The Kier molecular flexibility index (Phi) is 6.29. The summed E-state index contributed by atoms with van der Waals surface area (Å²) >= 11 is 0. The Bertz CT molecular complexity index is 1150. The van der Waals surface area contributed by atoms with Crippen LogP contribution in [-0.4, -0.2) is 48.6 Å². The molecule has 0 aliphatic carbocycles. The van der Waals surface area contributed by atoms with Gasteiger partial charge >= 0.3 is 23.3 Å². The van der Waals surface area contributed by atoms with Gasteiger partial charge in [0.05, 0.1) is 0 Å². The lowest BCUT2D eigenvalue weighted by molar-refractivity contribution is -0.382. The molecule has 0 radical (unpaired) electrons. The van der Waals surface area contributed by atoms with Crippen LogP contribution in [0.3, 0.4) is 0 Å². The van der Waals surface area contributed by atoms with E-state index in [1.165, 1.54) is 6.08 Å². The van der Waals surface area contributed by atoms with Crippen LogP contribution >= 0.6 is 0 Å². The number of hydrogen-bond acceptors (Lipinski definition) is 2. The lowest BCUT2D eigenvalue weighted by atomic mass is 10.0. The van der Waals surface area contributed by atoms with Gasteiger partial charge in [-0.05, 0) is 29.2 Å². The third-order valence-electron chi connectivity index (χ3n) is 5.32. The van der Waals surface area contributed by atoms with Crippen LogP contribution in [0.15, 0.2) is 48.5 Å². The van der Waals surface area contributed by atoms with E-state index in [1.54, 1.807) is 42.5 Å². The maximum atomic E-state index is 14.2. The van der Waals surface area contributed by atoms with Gasteiger partial charge in [-0.1, -0.05) is 54.6 Å². The van der Waals surface area contributed by atoms with Crippen LogP contribution in [0, 0.1) is 0 Å². The average molecular weight is 505 g/mol. The number of sulfonamides is 1. The predicted molar refractivity (Wildman–Crippen MR) is 103 cm³/mol. The highest BCUT2D eigenvalue weighted by Crippen LogP contribution is 2.55. The van der Waals surface area contributed by atoms with Crippen LogP contribution in [0.1, 0.15) is 18.4 Å². The highest BCUT2D eigenvalue weighted by molar-refractivity contribution is 7.90. The highest BCUT2D eigenvalue weighted by atomic mass is 32.2. The molecule has 3 nitrogen and oxygen atoms in total. The van der Waals surface area contributed by atoms with E-state index in [2.05, 4.69) is 0 Å². The van der Waals surface area contributed by atoms with Gasteiger partial charge in [-0.3, -0.25) is 0 Å². The molecule has 1 saturated heterocycles. The van der Waals surface area contributed by atoms with Gasteiger partial charge in [-0.25, -0.2) is 8.42 Å². The van der Waals surface area contributed by atoms with Crippen LogP contribution in [-0.2, 0) is 10.0 Å². The van der Waals surface area contributed by atoms with E-state index in [9.17, 15) is 47.9 Å². The van der Waals surface area contributed by atoms with Crippen LogP contribution in [0.2, 0.25) is 0 Å². The minimum atomic E-state index is -7.29. The maximum absolute atomic E-state index is 14.2. The Morgan fingerprint density at radius 1 is 0.848 bits per heavy atom. The molecular weight excluding hydrogens is 489 g/mol. The van der Waals surface area contributed by atoms with E-state index in [0.717, 1.165) is 11.5 Å². The van der Waals surface area contributed by atoms with Crippen molar-refractivity contribution in [3.8, 4) is 0 Å². The number of benzene rings is 2. The molecule has 0 unspecified atom stereocenters. The normalized spacial score (nSPS) is 19.6. The van der Waals surface area contributed by atoms with Gasteiger partial charge in [0.2, 0.25) is 0 Å². The zero-order valence-corrected chi connectivity index (χ0v) is 17.3. The van der Waals surface area contributed by atoms with E-state index in [1.807, 2.05) is 0 Å². The Morgan fingerprint density at radius 3 is 2.09 bits per heavy atom. The summed E-state index contributed by atoms with van der Waals surface area (Å²) in [6, 6.07) is 10.5. The molecule has 1 fully saturated rings. The monoisotopic (exact) mass is 505 g/mol. The predicted octanol–water partition coefficient (Wildman–Crippen LogP) is 6.07. The summed E-state index contributed by atoms with van der Waals surface area (Å²) in [4.78, 5) is 0. The van der Waals surface area contributed by atoms with Crippen molar-refractivity contribution in [3.63, 3.8) is 0 Å². The molecule has 1 aliphatic rings. The van der Waals surface area contributed by atoms with E-state index in [-0.39, 0.29) is 17.1 Å². The Balaban J connectivity index is 1.96. The molecule has 0 bridgehead atoms. The number of halogens is 9. The van der Waals surface area contributed by atoms with E-state index in [0.29, 0.717) is 10.9 Å². The smallest absolute Gasteiger partial charge is 0.206 e. The van der Waals surface area contributed by atoms with E-state index < -0.39 is 45.9 Å². The van der Waals surface area contributed by atoms with E-state index >= 15 is 0 Å². The zero-order valence-electron chi connectivity index (χ0n) is 16.5. The van der Waals surface area contributed by atoms with Gasteiger partial charge in [0.15, 0.2) is 0 Å². The second-order valence-electron chi connectivity index (χ2n) is 7.42. The summed E-state index contributed by atoms with van der Waals surface area (Å²) < 4.78 is 144. The minimum absolute atomic E-state index is 0.0961. The molecule has 0 saturated carbocycles.